The van der Waals surface area contributed by atoms with E-state index in [1.807, 2.05) is 11.0 Å². The van der Waals surface area contributed by atoms with E-state index in [1.54, 1.807) is 29.8 Å². The second-order valence-electron chi connectivity index (χ2n) is 6.94. The van der Waals surface area contributed by atoms with Gasteiger partial charge in [0.05, 0.1) is 16.0 Å². The van der Waals surface area contributed by atoms with Gasteiger partial charge in [-0.2, -0.15) is 0 Å². The summed E-state index contributed by atoms with van der Waals surface area (Å²) < 4.78 is 14.2. The number of thioether (sulfide) groups is 1. The fourth-order valence-corrected chi connectivity index (χ4v) is 5.74. The van der Waals surface area contributed by atoms with E-state index in [0.29, 0.717) is 11.8 Å². The third-order valence-corrected chi connectivity index (χ3v) is 7.44. The van der Waals surface area contributed by atoms with Crippen LogP contribution in [0.5, 0.6) is 0 Å². The third-order valence-electron chi connectivity index (χ3n) is 5.16. The third kappa shape index (κ3) is 4.05. The van der Waals surface area contributed by atoms with Crippen LogP contribution in [0.3, 0.4) is 0 Å². The number of thiophene rings is 1. The van der Waals surface area contributed by atoms with Gasteiger partial charge in [0.2, 0.25) is 5.91 Å². The summed E-state index contributed by atoms with van der Waals surface area (Å²) in [7, 11) is 0. The van der Waals surface area contributed by atoms with Crippen LogP contribution in [0.4, 0.5) is 4.39 Å². The first-order chi connectivity index (χ1) is 13.7. The minimum Gasteiger partial charge on any atom is -0.339 e. The van der Waals surface area contributed by atoms with E-state index in [9.17, 15) is 9.18 Å². The molecule has 2 aromatic heterocycles. The number of nitrogens with zero attached hydrogens (tertiary/aromatic N) is 3. The van der Waals surface area contributed by atoms with E-state index < -0.39 is 0 Å². The number of likely N-dealkylation sites (tertiary alicyclic amines) is 1. The normalized spacial score (nSPS) is 17.2. The maximum Gasteiger partial charge on any atom is 0.233 e. The van der Waals surface area contributed by atoms with Gasteiger partial charge in [-0.15, -0.1) is 11.3 Å². The summed E-state index contributed by atoms with van der Waals surface area (Å²) in [6.45, 7) is 3.02. The molecule has 1 aromatic carbocycles. The Morgan fingerprint density at radius 1 is 1.29 bits per heavy atom. The average molecular weight is 416 g/mol. The van der Waals surface area contributed by atoms with E-state index >= 15 is 0 Å². The fourth-order valence-electron chi connectivity index (χ4n) is 3.66. The van der Waals surface area contributed by atoms with Crippen molar-refractivity contribution < 1.29 is 9.18 Å². The van der Waals surface area contributed by atoms with Crippen molar-refractivity contribution in [1.82, 2.24) is 14.9 Å². The molecule has 0 aliphatic carbocycles. The van der Waals surface area contributed by atoms with Crippen molar-refractivity contribution >= 4 is 39.2 Å². The predicted molar refractivity (Wildman–Crippen MR) is 113 cm³/mol. The Hall–Kier alpha value is -1.99. The van der Waals surface area contributed by atoms with Gasteiger partial charge in [-0.05, 0) is 49.4 Å². The number of fused-ring (bicyclic) bond motifs is 1. The molecular formula is C21H22FN3OS2. The molecular weight excluding hydrogens is 393 g/mol. The van der Waals surface area contributed by atoms with Crippen molar-refractivity contribution in [3.05, 3.63) is 42.5 Å². The number of hydrogen-bond acceptors (Lipinski definition) is 5. The molecule has 0 radical (unpaired) electrons. The lowest BCUT2D eigenvalue weighted by Crippen LogP contribution is -2.44. The molecule has 3 aromatic rings. The zero-order chi connectivity index (χ0) is 19.5. The fraction of sp³-hybridized carbons (Fsp3) is 0.381. The summed E-state index contributed by atoms with van der Waals surface area (Å²) in [6.07, 6.45) is 5.97. The van der Waals surface area contributed by atoms with Crippen LogP contribution in [0.15, 0.2) is 41.7 Å². The molecule has 0 spiro atoms. The molecule has 1 atom stereocenters. The van der Waals surface area contributed by atoms with E-state index in [2.05, 4.69) is 16.9 Å². The van der Waals surface area contributed by atoms with Gasteiger partial charge in [0, 0.05) is 17.5 Å². The Balaban J connectivity index is 1.52. The molecule has 146 valence electrons. The van der Waals surface area contributed by atoms with Crippen LogP contribution in [0.25, 0.3) is 20.7 Å². The highest BCUT2D eigenvalue weighted by molar-refractivity contribution is 8.00. The van der Waals surface area contributed by atoms with Crippen LogP contribution < -0.4 is 0 Å². The van der Waals surface area contributed by atoms with Gasteiger partial charge < -0.3 is 4.90 Å². The first-order valence-corrected chi connectivity index (χ1v) is 11.4. The van der Waals surface area contributed by atoms with E-state index in [1.165, 1.54) is 30.3 Å². The molecule has 1 fully saturated rings. The van der Waals surface area contributed by atoms with Gasteiger partial charge in [-0.25, -0.2) is 14.4 Å². The summed E-state index contributed by atoms with van der Waals surface area (Å²) in [5.74, 6) is 0.341. The van der Waals surface area contributed by atoms with Gasteiger partial charge in [0.15, 0.2) is 0 Å². The second-order valence-corrected chi connectivity index (χ2v) is 8.96. The number of amides is 1. The number of carbonyl (C=O) groups is 1. The van der Waals surface area contributed by atoms with Crippen LogP contribution in [0.1, 0.15) is 32.6 Å². The molecule has 1 aliphatic rings. The number of aromatic nitrogens is 2. The lowest BCUT2D eigenvalue weighted by atomic mass is 10.0. The van der Waals surface area contributed by atoms with Crippen molar-refractivity contribution in [3.63, 3.8) is 0 Å². The quantitative estimate of drug-likeness (QED) is 0.415. The summed E-state index contributed by atoms with van der Waals surface area (Å²) in [5.41, 5.74) is 1.81. The Morgan fingerprint density at radius 3 is 2.89 bits per heavy atom. The van der Waals surface area contributed by atoms with Gasteiger partial charge >= 0.3 is 0 Å². The minimum atomic E-state index is -0.248. The zero-order valence-corrected chi connectivity index (χ0v) is 17.4. The Morgan fingerprint density at radius 2 is 2.11 bits per heavy atom. The summed E-state index contributed by atoms with van der Waals surface area (Å²) in [5, 5.41) is 0.835. The lowest BCUT2D eigenvalue weighted by Gasteiger charge is -2.35. The molecule has 0 saturated carbocycles. The maximum atomic E-state index is 13.2. The van der Waals surface area contributed by atoms with E-state index in [4.69, 9.17) is 0 Å². The summed E-state index contributed by atoms with van der Waals surface area (Å²) in [6, 6.07) is 8.83. The molecule has 4 nitrogen and oxygen atoms in total. The molecule has 1 amide bonds. The molecule has 0 N–H and O–H groups in total. The van der Waals surface area contributed by atoms with E-state index in [-0.39, 0.29) is 11.7 Å². The molecule has 1 saturated heterocycles. The van der Waals surface area contributed by atoms with Gasteiger partial charge in [0.1, 0.15) is 17.2 Å². The number of piperidine rings is 1. The molecule has 0 bridgehead atoms. The largest absolute Gasteiger partial charge is 0.339 e. The maximum absolute atomic E-state index is 13.2. The Kier molecular flexibility index (Phi) is 5.92. The monoisotopic (exact) mass is 415 g/mol. The van der Waals surface area contributed by atoms with Crippen molar-refractivity contribution in [1.29, 1.82) is 0 Å². The van der Waals surface area contributed by atoms with Crippen LogP contribution in [0, 0.1) is 5.82 Å². The topological polar surface area (TPSA) is 46.1 Å². The number of hydrogen-bond donors (Lipinski definition) is 0. The number of carbonyl (C=O) groups excluding carboxylic acids is 1. The SMILES string of the molecule is CC[C@@H]1CCCCN1C(=O)CSc1ncnc2cc(-c3ccc(F)cc3)sc12. The van der Waals surface area contributed by atoms with Crippen LogP contribution in [-0.4, -0.2) is 39.1 Å². The second kappa shape index (κ2) is 8.57. The first kappa shape index (κ1) is 19.3. The molecule has 3 heterocycles. The molecule has 1 aliphatic heterocycles. The molecule has 0 unspecified atom stereocenters. The van der Waals surface area contributed by atoms with Crippen molar-refractivity contribution in [3.8, 4) is 10.4 Å². The van der Waals surface area contributed by atoms with Gasteiger partial charge in [-0.3, -0.25) is 4.79 Å². The van der Waals surface area contributed by atoms with Crippen molar-refractivity contribution in [2.24, 2.45) is 0 Å². The smallest absolute Gasteiger partial charge is 0.233 e. The Labute approximate surface area is 172 Å². The minimum absolute atomic E-state index is 0.193. The average Bonchev–Trinajstić information content (AvgIpc) is 3.17. The number of benzene rings is 1. The predicted octanol–water partition coefficient (Wildman–Crippen LogP) is 5.38. The highest BCUT2D eigenvalue weighted by Crippen LogP contribution is 2.37. The molecule has 7 heteroatoms. The van der Waals surface area contributed by atoms with E-state index in [0.717, 1.165) is 51.5 Å². The van der Waals surface area contributed by atoms with Crippen LogP contribution in [0.2, 0.25) is 0 Å². The Bertz CT molecular complexity index is 973. The summed E-state index contributed by atoms with van der Waals surface area (Å²) in [4.78, 5) is 24.6. The molecule has 28 heavy (non-hydrogen) atoms. The zero-order valence-electron chi connectivity index (χ0n) is 15.7. The standard InChI is InChI=1S/C21H22FN3OS2/c1-2-16-5-3-4-10-25(16)19(26)12-27-21-20-17(23-13-24-21)11-18(28-20)14-6-8-15(22)9-7-14/h6-9,11,13,16H,2-5,10,12H2,1H3/t16-/m1/s1. The first-order valence-electron chi connectivity index (χ1n) is 9.58. The van der Waals surface area contributed by atoms with Crippen molar-refractivity contribution in [2.45, 2.75) is 43.7 Å². The molecule has 4 rings (SSSR count). The van der Waals surface area contributed by atoms with Crippen LogP contribution >= 0.6 is 23.1 Å². The number of rotatable bonds is 5. The summed E-state index contributed by atoms with van der Waals surface area (Å²) >= 11 is 3.07. The number of halogens is 1. The highest BCUT2D eigenvalue weighted by Gasteiger charge is 2.25. The van der Waals surface area contributed by atoms with Gasteiger partial charge in [-0.1, -0.05) is 30.8 Å². The van der Waals surface area contributed by atoms with Crippen LogP contribution in [-0.2, 0) is 4.79 Å². The highest BCUT2D eigenvalue weighted by atomic mass is 32.2. The lowest BCUT2D eigenvalue weighted by molar-refractivity contribution is -0.132. The van der Waals surface area contributed by atoms with Crippen molar-refractivity contribution in [2.75, 3.05) is 12.3 Å². The van der Waals surface area contributed by atoms with Gasteiger partial charge in [0.25, 0.3) is 0 Å².